The molecule has 3 aromatic rings. The normalized spacial score (nSPS) is 19.1. The van der Waals surface area contributed by atoms with Gasteiger partial charge in [0, 0.05) is 24.0 Å². The molecule has 28 heavy (non-hydrogen) atoms. The summed E-state index contributed by atoms with van der Waals surface area (Å²) in [5, 5.41) is 16.2. The van der Waals surface area contributed by atoms with Gasteiger partial charge in [0.25, 0.3) is 5.91 Å². The molecule has 0 radical (unpaired) electrons. The molecule has 2 atom stereocenters. The van der Waals surface area contributed by atoms with Gasteiger partial charge in [-0.05, 0) is 37.1 Å². The molecule has 1 fully saturated rings. The molecule has 0 unspecified atom stereocenters. The summed E-state index contributed by atoms with van der Waals surface area (Å²) in [5.41, 5.74) is 2.27. The van der Waals surface area contributed by atoms with E-state index in [9.17, 15) is 9.90 Å². The van der Waals surface area contributed by atoms with Gasteiger partial charge in [0.15, 0.2) is 0 Å². The van der Waals surface area contributed by atoms with E-state index in [2.05, 4.69) is 10.6 Å². The molecule has 1 aliphatic heterocycles. The van der Waals surface area contributed by atoms with E-state index in [1.54, 1.807) is 6.92 Å². The summed E-state index contributed by atoms with van der Waals surface area (Å²) in [6, 6.07) is 15.5. The Kier molecular flexibility index (Phi) is 5.32. The number of ether oxygens (including phenoxy) is 1. The summed E-state index contributed by atoms with van der Waals surface area (Å²) in [5.74, 6) is 1.10. The molecule has 3 N–H and O–H groups in total. The second-order valence-corrected chi connectivity index (χ2v) is 7.16. The van der Waals surface area contributed by atoms with Gasteiger partial charge in [-0.1, -0.05) is 30.3 Å². The first-order valence-electron chi connectivity index (χ1n) is 9.49. The predicted octanol–water partition coefficient (Wildman–Crippen LogP) is 2.77. The summed E-state index contributed by atoms with van der Waals surface area (Å²) < 4.78 is 11.7. The highest BCUT2D eigenvalue weighted by molar-refractivity contribution is 6.07. The fourth-order valence-electron chi connectivity index (χ4n) is 3.64. The first kappa shape index (κ1) is 18.5. The SMILES string of the molecule is Cc1oc2ccc(OCc3ccccc3)cc2c1C(=O)N[C@@H]1CN[C@H](CO)C1. The third-order valence-electron chi connectivity index (χ3n) is 5.09. The zero-order chi connectivity index (χ0) is 19.5. The lowest BCUT2D eigenvalue weighted by molar-refractivity contribution is 0.0939. The number of amides is 1. The summed E-state index contributed by atoms with van der Waals surface area (Å²) in [4.78, 5) is 12.9. The number of aliphatic hydroxyl groups is 1. The quantitative estimate of drug-likeness (QED) is 0.612. The van der Waals surface area contributed by atoms with Crippen LogP contribution in [0, 0.1) is 6.92 Å². The molecule has 0 saturated carbocycles. The molecule has 6 heteroatoms. The maximum absolute atomic E-state index is 12.9. The van der Waals surface area contributed by atoms with Crippen molar-refractivity contribution in [3.63, 3.8) is 0 Å². The number of furan rings is 1. The molecule has 0 aliphatic carbocycles. The van der Waals surface area contributed by atoms with Crippen molar-refractivity contribution in [1.29, 1.82) is 0 Å². The Morgan fingerprint density at radius 2 is 2.11 bits per heavy atom. The molecule has 1 aliphatic rings. The van der Waals surface area contributed by atoms with E-state index in [-0.39, 0.29) is 24.6 Å². The third kappa shape index (κ3) is 3.88. The maximum atomic E-state index is 12.9. The first-order valence-corrected chi connectivity index (χ1v) is 9.49. The lowest BCUT2D eigenvalue weighted by Gasteiger charge is -2.12. The van der Waals surface area contributed by atoms with E-state index >= 15 is 0 Å². The molecule has 1 aromatic heterocycles. The number of hydrogen-bond acceptors (Lipinski definition) is 5. The molecule has 1 saturated heterocycles. The van der Waals surface area contributed by atoms with E-state index in [1.807, 2.05) is 48.5 Å². The van der Waals surface area contributed by atoms with Crippen LogP contribution >= 0.6 is 0 Å². The van der Waals surface area contributed by atoms with Gasteiger partial charge in [-0.3, -0.25) is 4.79 Å². The average molecular weight is 380 g/mol. The van der Waals surface area contributed by atoms with Crippen molar-refractivity contribution in [3.05, 3.63) is 65.4 Å². The number of aliphatic hydroxyl groups excluding tert-OH is 1. The van der Waals surface area contributed by atoms with Gasteiger partial charge >= 0.3 is 0 Å². The van der Waals surface area contributed by atoms with Gasteiger partial charge in [-0.2, -0.15) is 0 Å². The van der Waals surface area contributed by atoms with Crippen molar-refractivity contribution >= 4 is 16.9 Å². The number of carbonyl (C=O) groups excluding carboxylic acids is 1. The minimum absolute atomic E-state index is 0.00786. The van der Waals surface area contributed by atoms with Crippen molar-refractivity contribution in [2.45, 2.75) is 32.0 Å². The van der Waals surface area contributed by atoms with Gasteiger partial charge in [-0.25, -0.2) is 0 Å². The van der Waals surface area contributed by atoms with Gasteiger partial charge < -0.3 is 24.9 Å². The monoisotopic (exact) mass is 380 g/mol. The fourth-order valence-corrected chi connectivity index (χ4v) is 3.64. The number of fused-ring (bicyclic) bond motifs is 1. The van der Waals surface area contributed by atoms with Crippen molar-refractivity contribution in [2.75, 3.05) is 13.2 Å². The lowest BCUT2D eigenvalue weighted by atomic mass is 10.1. The van der Waals surface area contributed by atoms with Crippen LogP contribution in [0.5, 0.6) is 5.75 Å². The molecule has 0 bridgehead atoms. The predicted molar refractivity (Wildman–Crippen MR) is 106 cm³/mol. The minimum Gasteiger partial charge on any atom is -0.489 e. The van der Waals surface area contributed by atoms with Crippen LogP contribution < -0.4 is 15.4 Å². The van der Waals surface area contributed by atoms with Gasteiger partial charge in [0.1, 0.15) is 23.7 Å². The molecule has 1 amide bonds. The summed E-state index contributed by atoms with van der Waals surface area (Å²) in [6.07, 6.45) is 0.711. The Morgan fingerprint density at radius 1 is 1.29 bits per heavy atom. The molecule has 146 valence electrons. The topological polar surface area (TPSA) is 83.7 Å². The van der Waals surface area contributed by atoms with Gasteiger partial charge in [0.05, 0.1) is 12.2 Å². The molecule has 2 heterocycles. The number of nitrogens with one attached hydrogen (secondary N) is 2. The van der Waals surface area contributed by atoms with E-state index < -0.39 is 0 Å². The van der Waals surface area contributed by atoms with Crippen LogP contribution in [0.2, 0.25) is 0 Å². The number of aryl methyl sites for hydroxylation is 1. The van der Waals surface area contributed by atoms with Crippen LogP contribution in [0.25, 0.3) is 11.0 Å². The molecular formula is C22H24N2O4. The van der Waals surface area contributed by atoms with Crippen LogP contribution in [-0.2, 0) is 6.61 Å². The zero-order valence-electron chi connectivity index (χ0n) is 15.8. The second kappa shape index (κ2) is 8.04. The molecule has 6 nitrogen and oxygen atoms in total. The van der Waals surface area contributed by atoms with Crippen molar-refractivity contribution in [1.82, 2.24) is 10.6 Å². The van der Waals surface area contributed by atoms with Gasteiger partial charge in [0.2, 0.25) is 0 Å². The highest BCUT2D eigenvalue weighted by atomic mass is 16.5. The summed E-state index contributed by atoms with van der Waals surface area (Å²) in [6.45, 7) is 2.98. The number of rotatable bonds is 6. The molecule has 4 rings (SSSR count). The summed E-state index contributed by atoms with van der Waals surface area (Å²) >= 11 is 0. The smallest absolute Gasteiger partial charge is 0.255 e. The highest BCUT2D eigenvalue weighted by Crippen LogP contribution is 2.29. The van der Waals surface area contributed by atoms with Crippen LogP contribution in [0.3, 0.4) is 0 Å². The van der Waals surface area contributed by atoms with Crippen molar-refractivity contribution in [2.24, 2.45) is 0 Å². The van der Waals surface area contributed by atoms with E-state index in [0.29, 0.717) is 42.2 Å². The third-order valence-corrected chi connectivity index (χ3v) is 5.09. The Morgan fingerprint density at radius 3 is 2.86 bits per heavy atom. The van der Waals surface area contributed by atoms with E-state index in [0.717, 1.165) is 10.9 Å². The number of benzene rings is 2. The second-order valence-electron chi connectivity index (χ2n) is 7.16. The van der Waals surface area contributed by atoms with Crippen LogP contribution in [-0.4, -0.2) is 36.2 Å². The van der Waals surface area contributed by atoms with Crippen molar-refractivity contribution < 1.29 is 19.1 Å². The van der Waals surface area contributed by atoms with Crippen LogP contribution in [0.15, 0.2) is 52.9 Å². The van der Waals surface area contributed by atoms with Gasteiger partial charge in [-0.15, -0.1) is 0 Å². The largest absolute Gasteiger partial charge is 0.489 e. The maximum Gasteiger partial charge on any atom is 0.255 e. The highest BCUT2D eigenvalue weighted by Gasteiger charge is 2.27. The molecule has 0 spiro atoms. The molecular weight excluding hydrogens is 356 g/mol. The Balaban J connectivity index is 1.52. The Labute approximate surface area is 163 Å². The van der Waals surface area contributed by atoms with E-state index in [4.69, 9.17) is 9.15 Å². The lowest BCUT2D eigenvalue weighted by Crippen LogP contribution is -2.36. The number of hydrogen-bond donors (Lipinski definition) is 3. The average Bonchev–Trinajstić information content (AvgIpc) is 3.29. The Hall–Kier alpha value is -2.83. The summed E-state index contributed by atoms with van der Waals surface area (Å²) in [7, 11) is 0. The minimum atomic E-state index is -0.165. The number of carbonyl (C=O) groups is 1. The standard InChI is InChI=1S/C22H24N2O4/c1-14-21(22(26)24-16-9-17(12-25)23-11-16)19-10-18(7-8-20(19)28-14)27-13-15-5-3-2-4-6-15/h2-8,10,16-17,23,25H,9,11-13H2,1H3,(H,24,26)/t16-,17-/m0/s1. The van der Waals surface area contributed by atoms with Crippen LogP contribution in [0.1, 0.15) is 28.1 Å². The van der Waals surface area contributed by atoms with Crippen molar-refractivity contribution in [3.8, 4) is 5.75 Å². The fraction of sp³-hybridized carbons (Fsp3) is 0.318. The molecule has 2 aromatic carbocycles. The van der Waals surface area contributed by atoms with E-state index in [1.165, 1.54) is 0 Å². The Bertz CT molecular complexity index is 967. The zero-order valence-corrected chi connectivity index (χ0v) is 15.8. The van der Waals surface area contributed by atoms with Crippen LogP contribution in [0.4, 0.5) is 0 Å². The first-order chi connectivity index (χ1) is 13.6.